The van der Waals surface area contributed by atoms with Crippen molar-refractivity contribution in [1.82, 2.24) is 10.2 Å². The zero-order valence-electron chi connectivity index (χ0n) is 20.8. The zero-order chi connectivity index (χ0) is 26.0. The molecule has 2 N–H and O–H groups in total. The van der Waals surface area contributed by atoms with Crippen LogP contribution in [0, 0.1) is 0 Å². The van der Waals surface area contributed by atoms with Gasteiger partial charge in [0.25, 0.3) is 5.91 Å². The summed E-state index contributed by atoms with van der Waals surface area (Å²) < 4.78 is 17.2. The van der Waals surface area contributed by atoms with E-state index in [1.54, 1.807) is 17.0 Å². The van der Waals surface area contributed by atoms with Gasteiger partial charge in [-0.05, 0) is 42.3 Å². The molecule has 1 aliphatic heterocycles. The van der Waals surface area contributed by atoms with Crippen LogP contribution in [0.25, 0.3) is 0 Å². The van der Waals surface area contributed by atoms with E-state index >= 15 is 0 Å². The summed E-state index contributed by atoms with van der Waals surface area (Å²) in [5.41, 5.74) is 2.30. The van der Waals surface area contributed by atoms with Gasteiger partial charge in [0.05, 0.1) is 24.8 Å². The van der Waals surface area contributed by atoms with Crippen molar-refractivity contribution in [2.75, 3.05) is 33.1 Å². The molecular formula is C29H32N2O6. The van der Waals surface area contributed by atoms with Gasteiger partial charge >= 0.3 is 0 Å². The lowest BCUT2D eigenvalue weighted by Crippen LogP contribution is -2.41. The van der Waals surface area contributed by atoms with Crippen LogP contribution in [0.15, 0.2) is 78.9 Å². The van der Waals surface area contributed by atoms with Gasteiger partial charge in [-0.25, -0.2) is 0 Å². The van der Waals surface area contributed by atoms with Crippen LogP contribution >= 0.6 is 0 Å². The number of para-hydroxylation sites is 1. The Labute approximate surface area is 216 Å². The van der Waals surface area contributed by atoms with Crippen molar-refractivity contribution in [2.45, 2.75) is 25.5 Å². The first-order valence-electron chi connectivity index (χ1n) is 12.4. The molecular weight excluding hydrogens is 472 g/mol. The summed E-state index contributed by atoms with van der Waals surface area (Å²) in [4.78, 5) is 27.1. The Morgan fingerprint density at radius 2 is 1.78 bits per heavy atom. The molecule has 8 heteroatoms. The van der Waals surface area contributed by atoms with Gasteiger partial charge in [-0.2, -0.15) is 0 Å². The lowest BCUT2D eigenvalue weighted by molar-refractivity contribution is -0.133. The Morgan fingerprint density at radius 1 is 1.05 bits per heavy atom. The maximum absolute atomic E-state index is 12.9. The fourth-order valence-corrected chi connectivity index (χ4v) is 4.13. The van der Waals surface area contributed by atoms with Gasteiger partial charge in [0.2, 0.25) is 5.91 Å². The molecule has 1 heterocycles. The molecule has 194 valence electrons. The van der Waals surface area contributed by atoms with Crippen molar-refractivity contribution < 1.29 is 28.9 Å². The maximum atomic E-state index is 12.9. The Hall–Kier alpha value is -3.88. The normalized spacial score (nSPS) is 14.3. The Balaban J connectivity index is 1.28. The molecule has 0 aromatic heterocycles. The quantitative estimate of drug-likeness (QED) is 0.393. The molecule has 4 rings (SSSR count). The molecule has 1 aliphatic rings. The van der Waals surface area contributed by atoms with E-state index < -0.39 is 12.1 Å². The summed E-state index contributed by atoms with van der Waals surface area (Å²) in [5.74, 6) is 0.916. The van der Waals surface area contributed by atoms with Crippen molar-refractivity contribution >= 4 is 11.8 Å². The van der Waals surface area contributed by atoms with E-state index in [9.17, 15) is 14.7 Å². The van der Waals surface area contributed by atoms with Crippen LogP contribution in [0.2, 0.25) is 0 Å². The molecule has 8 nitrogen and oxygen atoms in total. The summed E-state index contributed by atoms with van der Waals surface area (Å²) in [6.45, 7) is 2.94. The number of fused-ring (bicyclic) bond motifs is 1. The lowest BCUT2D eigenvalue weighted by Gasteiger charge is -2.28. The third-order valence-electron chi connectivity index (χ3n) is 6.12. The number of amides is 2. The number of carbonyl (C=O) groups is 2. The minimum atomic E-state index is -0.692. The highest BCUT2D eigenvalue weighted by Crippen LogP contribution is 2.24. The van der Waals surface area contributed by atoms with Crippen LogP contribution in [0.3, 0.4) is 0 Å². The van der Waals surface area contributed by atoms with Crippen molar-refractivity contribution in [2.24, 2.45) is 0 Å². The second-order valence-electron chi connectivity index (χ2n) is 8.63. The van der Waals surface area contributed by atoms with E-state index in [-0.39, 0.29) is 25.2 Å². The highest BCUT2D eigenvalue weighted by atomic mass is 16.5. The fourth-order valence-electron chi connectivity index (χ4n) is 4.13. The zero-order valence-corrected chi connectivity index (χ0v) is 20.8. The van der Waals surface area contributed by atoms with Crippen molar-refractivity contribution in [3.05, 3.63) is 95.6 Å². The Bertz CT molecular complexity index is 1170. The Morgan fingerprint density at radius 3 is 2.51 bits per heavy atom. The predicted molar refractivity (Wildman–Crippen MR) is 138 cm³/mol. The van der Waals surface area contributed by atoms with Crippen LogP contribution in [-0.4, -0.2) is 61.0 Å². The molecule has 0 saturated heterocycles. The summed E-state index contributed by atoms with van der Waals surface area (Å²) >= 11 is 0. The number of ether oxygens (including phenoxy) is 3. The number of nitrogens with one attached hydrogen (secondary N) is 1. The van der Waals surface area contributed by atoms with Crippen molar-refractivity contribution in [3.8, 4) is 11.5 Å². The maximum Gasteiger partial charge on any atom is 0.260 e. The summed E-state index contributed by atoms with van der Waals surface area (Å²) in [5, 5.41) is 12.7. The molecule has 0 saturated carbocycles. The summed E-state index contributed by atoms with van der Waals surface area (Å²) in [6, 6.07) is 23.5. The van der Waals surface area contributed by atoms with Crippen LogP contribution in [0.4, 0.5) is 0 Å². The smallest absolute Gasteiger partial charge is 0.260 e. The van der Waals surface area contributed by atoms with Gasteiger partial charge in [0.15, 0.2) is 6.73 Å². The van der Waals surface area contributed by atoms with E-state index in [1.165, 1.54) is 0 Å². The summed E-state index contributed by atoms with van der Waals surface area (Å²) in [7, 11) is 0. The number of rotatable bonds is 12. The second-order valence-corrected chi connectivity index (χ2v) is 8.63. The average molecular weight is 505 g/mol. The predicted octanol–water partition coefficient (Wildman–Crippen LogP) is 3.36. The topological polar surface area (TPSA) is 97.3 Å². The van der Waals surface area contributed by atoms with Crippen LogP contribution in [-0.2, 0) is 16.0 Å². The van der Waals surface area contributed by atoms with E-state index in [0.717, 1.165) is 11.1 Å². The third kappa shape index (κ3) is 6.87. The van der Waals surface area contributed by atoms with E-state index in [4.69, 9.17) is 14.2 Å². The van der Waals surface area contributed by atoms with Gasteiger partial charge in [0.1, 0.15) is 24.2 Å². The monoisotopic (exact) mass is 504 g/mol. The lowest BCUT2D eigenvalue weighted by atomic mass is 10.0. The van der Waals surface area contributed by atoms with Gasteiger partial charge in [-0.1, -0.05) is 54.6 Å². The van der Waals surface area contributed by atoms with Crippen molar-refractivity contribution in [3.63, 3.8) is 0 Å². The summed E-state index contributed by atoms with van der Waals surface area (Å²) in [6.07, 6.45) is -0.311. The molecule has 3 aromatic carbocycles. The number of carbonyl (C=O) groups excluding carboxylic acids is 2. The minimum absolute atomic E-state index is 0.0725. The fraction of sp³-hybridized carbons (Fsp3) is 0.310. The van der Waals surface area contributed by atoms with E-state index in [0.29, 0.717) is 43.2 Å². The highest BCUT2D eigenvalue weighted by molar-refractivity contribution is 5.97. The van der Waals surface area contributed by atoms with Gasteiger partial charge in [0, 0.05) is 13.0 Å². The molecule has 0 radical (unpaired) electrons. The third-order valence-corrected chi connectivity index (χ3v) is 6.12. The molecule has 3 aromatic rings. The van der Waals surface area contributed by atoms with E-state index in [1.807, 2.05) is 73.7 Å². The molecule has 0 aliphatic carbocycles. The van der Waals surface area contributed by atoms with Crippen LogP contribution in [0.1, 0.15) is 34.5 Å². The first-order valence-corrected chi connectivity index (χ1v) is 12.4. The molecule has 0 spiro atoms. The molecule has 0 bridgehead atoms. The highest BCUT2D eigenvalue weighted by Gasteiger charge is 2.25. The van der Waals surface area contributed by atoms with Crippen molar-refractivity contribution in [1.29, 1.82) is 0 Å². The van der Waals surface area contributed by atoms with Gasteiger partial charge in [-0.3, -0.25) is 9.59 Å². The number of nitrogens with zero attached hydrogens (tertiary/aromatic N) is 1. The number of hydrogen-bond donors (Lipinski definition) is 2. The van der Waals surface area contributed by atoms with Gasteiger partial charge in [-0.15, -0.1) is 0 Å². The first-order chi connectivity index (χ1) is 18.1. The molecule has 37 heavy (non-hydrogen) atoms. The molecule has 0 fully saturated rings. The largest absolute Gasteiger partial charge is 0.492 e. The second kappa shape index (κ2) is 12.9. The standard InChI is InChI=1S/C29H32N2O6/c1-2-35-27(28(33)30-25(19-32)22-8-4-3-5-9-22)18-21-12-14-23(15-13-21)36-17-16-31-20-37-26-11-7-6-10-24(26)29(31)34/h3-15,25,27,32H,2,16-20H2,1H3,(H,30,33)/t25-,27-/m0/s1. The average Bonchev–Trinajstić information content (AvgIpc) is 2.94. The number of benzene rings is 3. The SMILES string of the molecule is CCO[C@@H](Cc1ccc(OCCN2COc3ccccc3C2=O)cc1)C(=O)N[C@@H](CO)c1ccccc1. The Kier molecular flexibility index (Phi) is 9.13. The molecule has 0 unspecified atom stereocenters. The molecule has 2 atom stereocenters. The van der Waals surface area contributed by atoms with Crippen LogP contribution < -0.4 is 14.8 Å². The number of aliphatic hydroxyl groups excluding tert-OH is 1. The number of aliphatic hydroxyl groups is 1. The molecule has 2 amide bonds. The van der Waals surface area contributed by atoms with Crippen LogP contribution in [0.5, 0.6) is 11.5 Å². The first kappa shape index (κ1) is 26.2. The van der Waals surface area contributed by atoms with Gasteiger partial charge < -0.3 is 29.5 Å². The van der Waals surface area contributed by atoms with E-state index in [2.05, 4.69) is 5.32 Å². The number of hydrogen-bond acceptors (Lipinski definition) is 6. The minimum Gasteiger partial charge on any atom is -0.492 e.